The van der Waals surface area contributed by atoms with Crippen LogP contribution >= 0.6 is 0 Å². The SMILES string of the molecule is Cc1ccc(S(=O)(=O)NC(=O)/C(=C\C(F)(F)F)c2cc(C)cc(C)c2)cc1. The van der Waals surface area contributed by atoms with Gasteiger partial charge in [-0.3, -0.25) is 4.79 Å². The Morgan fingerprint density at radius 3 is 1.93 bits per heavy atom. The van der Waals surface area contributed by atoms with E-state index in [-0.39, 0.29) is 16.5 Å². The number of amides is 1. The molecule has 27 heavy (non-hydrogen) atoms. The van der Waals surface area contributed by atoms with E-state index in [0.29, 0.717) is 11.1 Å². The van der Waals surface area contributed by atoms with Crippen LogP contribution in [-0.2, 0) is 14.8 Å². The fraction of sp³-hybridized carbons (Fsp3) is 0.211. The average molecular weight is 397 g/mol. The standard InChI is InChI=1S/C19H18F3NO3S/c1-12-4-6-16(7-5-12)27(25,26)23-18(24)17(11-19(20,21)22)15-9-13(2)8-14(3)10-15/h4-11H,1-3H3,(H,23,24)/b17-11-. The molecule has 144 valence electrons. The maximum Gasteiger partial charge on any atom is 0.410 e. The number of sulfonamides is 1. The van der Waals surface area contributed by atoms with Gasteiger partial charge in [0.2, 0.25) is 0 Å². The second-order valence-electron chi connectivity index (χ2n) is 6.22. The molecule has 0 atom stereocenters. The molecule has 0 unspecified atom stereocenters. The first-order chi connectivity index (χ1) is 12.4. The number of carbonyl (C=O) groups excluding carboxylic acids is 1. The quantitative estimate of drug-likeness (QED) is 0.792. The van der Waals surface area contributed by atoms with Gasteiger partial charge in [-0.15, -0.1) is 0 Å². The Bertz CT molecular complexity index is 972. The molecule has 0 aliphatic rings. The third-order valence-electron chi connectivity index (χ3n) is 3.64. The van der Waals surface area contributed by atoms with Crippen LogP contribution < -0.4 is 4.72 Å². The van der Waals surface area contributed by atoms with Crippen molar-refractivity contribution in [1.82, 2.24) is 4.72 Å². The summed E-state index contributed by atoms with van der Waals surface area (Å²) in [7, 11) is -4.31. The molecular weight excluding hydrogens is 379 g/mol. The lowest BCUT2D eigenvalue weighted by atomic mass is 10.00. The van der Waals surface area contributed by atoms with Crippen molar-refractivity contribution in [2.75, 3.05) is 0 Å². The smallest absolute Gasteiger partial charge is 0.268 e. The molecule has 1 amide bonds. The maximum atomic E-state index is 12.9. The van der Waals surface area contributed by atoms with E-state index in [9.17, 15) is 26.4 Å². The van der Waals surface area contributed by atoms with Gasteiger partial charge in [-0.1, -0.05) is 47.0 Å². The molecule has 0 radical (unpaired) electrons. The molecule has 0 heterocycles. The number of hydrogen-bond acceptors (Lipinski definition) is 3. The van der Waals surface area contributed by atoms with Crippen LogP contribution in [0.2, 0.25) is 0 Å². The second kappa shape index (κ2) is 7.56. The Labute approximate surface area is 155 Å². The number of rotatable bonds is 4. The van der Waals surface area contributed by atoms with Crippen LogP contribution in [-0.4, -0.2) is 20.5 Å². The van der Waals surface area contributed by atoms with E-state index in [1.165, 1.54) is 36.4 Å². The molecule has 2 aromatic rings. The average Bonchev–Trinajstić information content (AvgIpc) is 2.50. The molecule has 0 aromatic heterocycles. The molecule has 2 aromatic carbocycles. The number of hydrogen-bond donors (Lipinski definition) is 1. The molecule has 4 nitrogen and oxygen atoms in total. The van der Waals surface area contributed by atoms with E-state index in [1.807, 2.05) is 0 Å². The maximum absolute atomic E-state index is 12.9. The van der Waals surface area contributed by atoms with E-state index in [1.54, 1.807) is 31.6 Å². The third kappa shape index (κ3) is 5.68. The Hall–Kier alpha value is -2.61. The molecule has 0 aliphatic heterocycles. The van der Waals surface area contributed by atoms with E-state index in [0.717, 1.165) is 5.56 Å². The van der Waals surface area contributed by atoms with Crippen molar-refractivity contribution in [1.29, 1.82) is 0 Å². The van der Waals surface area contributed by atoms with E-state index < -0.39 is 27.7 Å². The highest BCUT2D eigenvalue weighted by atomic mass is 32.2. The Balaban J connectivity index is 2.46. The number of carbonyl (C=O) groups is 1. The largest absolute Gasteiger partial charge is 0.410 e. The van der Waals surface area contributed by atoms with Crippen LogP contribution in [0.15, 0.2) is 53.4 Å². The number of nitrogens with one attached hydrogen (secondary N) is 1. The lowest BCUT2D eigenvalue weighted by molar-refractivity contribution is -0.114. The fourth-order valence-corrected chi connectivity index (χ4v) is 3.49. The summed E-state index contributed by atoms with van der Waals surface area (Å²) in [6.45, 7) is 5.09. The first-order valence-electron chi connectivity index (χ1n) is 7.89. The summed E-state index contributed by atoms with van der Waals surface area (Å²) in [6, 6.07) is 10.1. The molecule has 2 rings (SSSR count). The lowest BCUT2D eigenvalue weighted by Crippen LogP contribution is -2.32. The van der Waals surface area contributed by atoms with E-state index in [2.05, 4.69) is 0 Å². The molecule has 1 N–H and O–H groups in total. The van der Waals surface area contributed by atoms with Crippen LogP contribution in [0.4, 0.5) is 13.2 Å². The zero-order valence-electron chi connectivity index (χ0n) is 14.9. The summed E-state index contributed by atoms with van der Waals surface area (Å²) in [5.41, 5.74) is 1.30. The van der Waals surface area contributed by atoms with Crippen LogP contribution in [0.25, 0.3) is 5.57 Å². The minimum atomic E-state index is -4.79. The minimum absolute atomic E-state index is 0.0126. The minimum Gasteiger partial charge on any atom is -0.268 e. The molecule has 0 saturated heterocycles. The zero-order valence-corrected chi connectivity index (χ0v) is 15.7. The van der Waals surface area contributed by atoms with Crippen molar-refractivity contribution in [3.63, 3.8) is 0 Å². The zero-order chi connectivity index (χ0) is 20.4. The molecular formula is C19H18F3NO3S. The summed E-state index contributed by atoms with van der Waals surface area (Å²) < 4.78 is 65.3. The monoisotopic (exact) mass is 397 g/mol. The van der Waals surface area contributed by atoms with Gasteiger partial charge in [0.05, 0.1) is 10.5 Å². The predicted octanol–water partition coefficient (Wildman–Crippen LogP) is 4.06. The number of allylic oxidation sites excluding steroid dienone is 1. The van der Waals surface area contributed by atoms with Crippen molar-refractivity contribution < 1.29 is 26.4 Å². The fourth-order valence-electron chi connectivity index (χ4n) is 2.53. The van der Waals surface area contributed by atoms with Gasteiger partial charge in [0.25, 0.3) is 15.9 Å². The van der Waals surface area contributed by atoms with Gasteiger partial charge in [0.1, 0.15) is 0 Å². The topological polar surface area (TPSA) is 63.2 Å². The molecule has 8 heteroatoms. The predicted molar refractivity (Wildman–Crippen MR) is 96.5 cm³/mol. The molecule has 0 bridgehead atoms. The van der Waals surface area contributed by atoms with Crippen LogP contribution in [0.3, 0.4) is 0 Å². The highest BCUT2D eigenvalue weighted by Crippen LogP contribution is 2.26. The third-order valence-corrected chi connectivity index (χ3v) is 4.99. The van der Waals surface area contributed by atoms with Crippen LogP contribution in [0, 0.1) is 20.8 Å². The van der Waals surface area contributed by atoms with Crippen molar-refractivity contribution in [3.05, 3.63) is 70.8 Å². The summed E-state index contributed by atoms with van der Waals surface area (Å²) in [5.74, 6) is -1.35. The first kappa shape index (κ1) is 20.7. The summed E-state index contributed by atoms with van der Waals surface area (Å²) in [4.78, 5) is 12.2. The summed E-state index contributed by atoms with van der Waals surface area (Å²) in [6.07, 6.45) is -4.99. The van der Waals surface area contributed by atoms with E-state index >= 15 is 0 Å². The summed E-state index contributed by atoms with van der Waals surface area (Å²) in [5, 5.41) is 0. The number of benzene rings is 2. The van der Waals surface area contributed by atoms with Crippen molar-refractivity contribution >= 4 is 21.5 Å². The Morgan fingerprint density at radius 1 is 0.926 bits per heavy atom. The normalized spacial score (nSPS) is 12.7. The van der Waals surface area contributed by atoms with Crippen LogP contribution in [0.1, 0.15) is 22.3 Å². The van der Waals surface area contributed by atoms with Gasteiger partial charge in [-0.2, -0.15) is 13.2 Å². The lowest BCUT2D eigenvalue weighted by Gasteiger charge is -2.13. The van der Waals surface area contributed by atoms with Crippen molar-refractivity contribution in [2.45, 2.75) is 31.8 Å². The Kier molecular flexibility index (Phi) is 5.79. The van der Waals surface area contributed by atoms with E-state index in [4.69, 9.17) is 0 Å². The molecule has 0 saturated carbocycles. The first-order valence-corrected chi connectivity index (χ1v) is 9.38. The van der Waals surface area contributed by atoms with Crippen molar-refractivity contribution in [3.8, 4) is 0 Å². The summed E-state index contributed by atoms with van der Waals surface area (Å²) >= 11 is 0. The van der Waals surface area contributed by atoms with Crippen LogP contribution in [0.5, 0.6) is 0 Å². The number of aryl methyl sites for hydroxylation is 3. The number of halogens is 3. The highest BCUT2D eigenvalue weighted by Gasteiger charge is 2.29. The molecule has 0 aliphatic carbocycles. The Morgan fingerprint density at radius 2 is 1.44 bits per heavy atom. The van der Waals surface area contributed by atoms with Gasteiger partial charge in [-0.25, -0.2) is 13.1 Å². The molecule has 0 spiro atoms. The number of alkyl halides is 3. The molecule has 0 fully saturated rings. The second-order valence-corrected chi connectivity index (χ2v) is 7.91. The van der Waals surface area contributed by atoms with Crippen molar-refractivity contribution in [2.24, 2.45) is 0 Å². The highest BCUT2D eigenvalue weighted by molar-refractivity contribution is 7.90. The van der Waals surface area contributed by atoms with Gasteiger partial charge in [0, 0.05) is 6.08 Å². The van der Waals surface area contributed by atoms with Gasteiger partial charge in [-0.05, 0) is 38.5 Å². The van der Waals surface area contributed by atoms with Gasteiger partial charge >= 0.3 is 6.18 Å². The van der Waals surface area contributed by atoms with Gasteiger partial charge in [0.15, 0.2) is 0 Å². The van der Waals surface area contributed by atoms with Gasteiger partial charge < -0.3 is 0 Å².